The highest BCUT2D eigenvalue weighted by Gasteiger charge is 2.60. The molecule has 0 heterocycles. The van der Waals surface area contributed by atoms with Crippen LogP contribution in [0.4, 0.5) is 0 Å². The highest BCUT2D eigenvalue weighted by molar-refractivity contribution is 5.29. The summed E-state index contributed by atoms with van der Waals surface area (Å²) in [5.41, 5.74) is 0.262. The maximum atomic E-state index is 11.3. The third-order valence-corrected chi connectivity index (χ3v) is 10.8. The largest absolute Gasteiger partial charge is 0.390 e. The molecule has 9 atom stereocenters. The van der Waals surface area contributed by atoms with Crippen LogP contribution in [-0.2, 0) is 4.74 Å². The summed E-state index contributed by atoms with van der Waals surface area (Å²) in [5, 5.41) is 31.6. The number of aliphatic hydroxyl groups is 3. The smallest absolute Gasteiger partial charge is 0.102 e. The van der Waals surface area contributed by atoms with Gasteiger partial charge >= 0.3 is 0 Å². The van der Waals surface area contributed by atoms with Crippen LogP contribution in [0.15, 0.2) is 11.6 Å². The lowest BCUT2D eigenvalue weighted by Gasteiger charge is -2.59. The van der Waals surface area contributed by atoms with E-state index in [4.69, 9.17) is 4.74 Å². The van der Waals surface area contributed by atoms with E-state index < -0.39 is 17.3 Å². The molecule has 4 rings (SSSR count). The first-order valence-electron chi connectivity index (χ1n) is 14.1. The number of aliphatic hydroxyl groups excluding tert-OH is 1. The summed E-state index contributed by atoms with van der Waals surface area (Å²) in [6, 6.07) is 0. The van der Waals surface area contributed by atoms with Crippen LogP contribution in [-0.4, -0.2) is 45.3 Å². The van der Waals surface area contributed by atoms with Gasteiger partial charge in [0.15, 0.2) is 0 Å². The SMILES string of the molecule is C[C@H](CCC(C)(C)O)C1CC[C@H]2[C@@H]3CC=C4[C@@H](O)[C@@H](OCC(C)(C)O)CC[C@]4(C)[C@H]3CC[C@]12C. The van der Waals surface area contributed by atoms with Gasteiger partial charge in [-0.2, -0.15) is 0 Å². The summed E-state index contributed by atoms with van der Waals surface area (Å²) < 4.78 is 6.00. The molecule has 0 aliphatic heterocycles. The molecule has 4 aliphatic carbocycles. The molecular formula is C30H52O4. The third kappa shape index (κ3) is 4.91. The number of fused-ring (bicyclic) bond motifs is 5. The molecule has 4 nitrogen and oxygen atoms in total. The molecule has 0 bridgehead atoms. The first kappa shape index (κ1) is 26.6. The van der Waals surface area contributed by atoms with Crippen molar-refractivity contribution in [2.75, 3.05) is 6.61 Å². The maximum absolute atomic E-state index is 11.3. The second kappa shape index (κ2) is 9.15. The Morgan fingerprint density at radius 3 is 2.35 bits per heavy atom. The average Bonchev–Trinajstić information content (AvgIpc) is 3.07. The van der Waals surface area contributed by atoms with E-state index in [0.717, 1.165) is 49.9 Å². The van der Waals surface area contributed by atoms with E-state index in [1.807, 2.05) is 13.8 Å². The highest BCUT2D eigenvalue weighted by atomic mass is 16.5. The second-order valence-corrected chi connectivity index (χ2v) is 14.4. The monoisotopic (exact) mass is 476 g/mol. The van der Waals surface area contributed by atoms with E-state index >= 15 is 0 Å². The lowest BCUT2D eigenvalue weighted by atomic mass is 9.46. The molecule has 34 heavy (non-hydrogen) atoms. The molecule has 0 saturated heterocycles. The van der Waals surface area contributed by atoms with Crippen LogP contribution in [0.2, 0.25) is 0 Å². The van der Waals surface area contributed by atoms with Gasteiger partial charge in [-0.1, -0.05) is 26.8 Å². The summed E-state index contributed by atoms with van der Waals surface area (Å²) in [6.07, 6.45) is 11.9. The van der Waals surface area contributed by atoms with Gasteiger partial charge in [-0.3, -0.25) is 0 Å². The Balaban J connectivity index is 1.49. The van der Waals surface area contributed by atoms with Gasteiger partial charge in [0.05, 0.1) is 23.9 Å². The standard InChI is InChI=1S/C30H52O4/c1-19(12-15-27(2,3)32)21-10-11-22-20-8-9-24-26(31)25(34-18-28(4,5)33)14-17-30(24,7)23(20)13-16-29(21,22)6/h9,19-23,25-26,31-33H,8,10-18H2,1-7H3/t19-,20+,21?,22+,23+,25+,26-,29-,30-/m1/s1. The molecule has 3 fully saturated rings. The summed E-state index contributed by atoms with van der Waals surface area (Å²) in [4.78, 5) is 0. The van der Waals surface area contributed by atoms with E-state index in [9.17, 15) is 15.3 Å². The number of allylic oxidation sites excluding steroid dienone is 1. The quantitative estimate of drug-likeness (QED) is 0.401. The Morgan fingerprint density at radius 1 is 1.00 bits per heavy atom. The van der Waals surface area contributed by atoms with Crippen LogP contribution in [0.25, 0.3) is 0 Å². The Hall–Kier alpha value is -0.420. The molecule has 4 aliphatic rings. The molecule has 4 heteroatoms. The van der Waals surface area contributed by atoms with Crippen LogP contribution in [0.5, 0.6) is 0 Å². The molecule has 0 aromatic heterocycles. The molecule has 196 valence electrons. The molecule has 1 unspecified atom stereocenters. The molecule has 0 amide bonds. The van der Waals surface area contributed by atoms with Crippen molar-refractivity contribution in [2.24, 2.45) is 40.4 Å². The fourth-order valence-electron chi connectivity index (χ4n) is 8.95. The zero-order chi connectivity index (χ0) is 25.1. The van der Waals surface area contributed by atoms with E-state index in [-0.39, 0.29) is 18.1 Å². The van der Waals surface area contributed by atoms with E-state index in [1.165, 1.54) is 31.3 Å². The van der Waals surface area contributed by atoms with Gasteiger partial charge in [-0.25, -0.2) is 0 Å². The number of ether oxygens (including phenoxy) is 1. The van der Waals surface area contributed by atoms with E-state index in [1.54, 1.807) is 13.8 Å². The molecule has 0 radical (unpaired) electrons. The van der Waals surface area contributed by atoms with Crippen molar-refractivity contribution in [3.63, 3.8) is 0 Å². The van der Waals surface area contributed by atoms with E-state index in [2.05, 4.69) is 26.8 Å². The van der Waals surface area contributed by atoms with Crippen LogP contribution in [0.3, 0.4) is 0 Å². The minimum Gasteiger partial charge on any atom is -0.390 e. The summed E-state index contributed by atoms with van der Waals surface area (Å²) in [6.45, 7) is 15.1. The average molecular weight is 477 g/mol. The predicted molar refractivity (Wildman–Crippen MR) is 137 cm³/mol. The fourth-order valence-corrected chi connectivity index (χ4v) is 8.95. The number of hydrogen-bond acceptors (Lipinski definition) is 4. The van der Waals surface area contributed by atoms with Gasteiger partial charge in [0.25, 0.3) is 0 Å². The molecule has 3 N–H and O–H groups in total. The Labute approximate surface area is 208 Å². The lowest BCUT2D eigenvalue weighted by molar-refractivity contribution is -0.120. The van der Waals surface area contributed by atoms with E-state index in [0.29, 0.717) is 17.3 Å². The van der Waals surface area contributed by atoms with Gasteiger partial charge in [0, 0.05) is 0 Å². The van der Waals surface area contributed by atoms with Gasteiger partial charge < -0.3 is 20.1 Å². The van der Waals surface area contributed by atoms with Crippen LogP contribution in [0.1, 0.15) is 106 Å². The summed E-state index contributed by atoms with van der Waals surface area (Å²) >= 11 is 0. The Morgan fingerprint density at radius 2 is 1.71 bits per heavy atom. The zero-order valence-corrected chi connectivity index (χ0v) is 22.9. The molecule has 0 spiro atoms. The Kier molecular flexibility index (Phi) is 7.17. The summed E-state index contributed by atoms with van der Waals surface area (Å²) in [7, 11) is 0. The van der Waals surface area contributed by atoms with Crippen molar-refractivity contribution in [1.29, 1.82) is 0 Å². The minimum atomic E-state index is -0.872. The lowest BCUT2D eigenvalue weighted by Crippen LogP contribution is -2.54. The zero-order valence-electron chi connectivity index (χ0n) is 22.9. The first-order chi connectivity index (χ1) is 15.7. The van der Waals surface area contributed by atoms with Crippen LogP contribution < -0.4 is 0 Å². The number of hydrogen-bond donors (Lipinski definition) is 3. The Bertz CT molecular complexity index is 761. The molecular weight excluding hydrogens is 424 g/mol. The first-order valence-corrected chi connectivity index (χ1v) is 14.1. The van der Waals surface area contributed by atoms with Crippen LogP contribution in [0, 0.1) is 40.4 Å². The van der Waals surface area contributed by atoms with Crippen molar-refractivity contribution < 1.29 is 20.1 Å². The second-order valence-electron chi connectivity index (χ2n) is 14.4. The third-order valence-electron chi connectivity index (χ3n) is 10.8. The fraction of sp³-hybridized carbons (Fsp3) is 0.933. The predicted octanol–water partition coefficient (Wildman–Crippen LogP) is 5.88. The summed E-state index contributed by atoms with van der Waals surface area (Å²) in [5.74, 6) is 3.57. The van der Waals surface area contributed by atoms with Crippen LogP contribution >= 0.6 is 0 Å². The van der Waals surface area contributed by atoms with Gasteiger partial charge in [-0.15, -0.1) is 0 Å². The number of rotatable bonds is 7. The molecule has 0 aromatic rings. The van der Waals surface area contributed by atoms with Crippen molar-refractivity contribution >= 4 is 0 Å². The highest BCUT2D eigenvalue weighted by Crippen LogP contribution is 2.67. The molecule has 0 aromatic carbocycles. The van der Waals surface area contributed by atoms with Gasteiger partial charge in [0.2, 0.25) is 0 Å². The normalized spacial score (nSPS) is 43.5. The maximum Gasteiger partial charge on any atom is 0.102 e. The van der Waals surface area contributed by atoms with Gasteiger partial charge in [-0.05, 0) is 131 Å². The van der Waals surface area contributed by atoms with Crippen molar-refractivity contribution in [2.45, 2.75) is 130 Å². The van der Waals surface area contributed by atoms with Crippen molar-refractivity contribution in [1.82, 2.24) is 0 Å². The topological polar surface area (TPSA) is 69.9 Å². The van der Waals surface area contributed by atoms with Gasteiger partial charge in [0.1, 0.15) is 6.10 Å². The van der Waals surface area contributed by atoms with Crippen molar-refractivity contribution in [3.05, 3.63) is 11.6 Å². The minimum absolute atomic E-state index is 0.0723. The molecule has 3 saturated carbocycles. The van der Waals surface area contributed by atoms with Crippen molar-refractivity contribution in [3.8, 4) is 0 Å².